The number of primary amides is 2. The van der Waals surface area contributed by atoms with Crippen molar-refractivity contribution in [2.45, 2.75) is 19.3 Å². The van der Waals surface area contributed by atoms with E-state index in [9.17, 15) is 9.59 Å². The smallest absolute Gasteiger partial charge is 0.220 e. The molecular weight excluding hydrogens is 176 g/mol. The first-order valence-electron chi connectivity index (χ1n) is 4.14. The van der Waals surface area contributed by atoms with E-state index in [2.05, 4.69) is 0 Å². The van der Waals surface area contributed by atoms with E-state index in [1.807, 2.05) is 0 Å². The first kappa shape index (κ1) is 9.38. The number of carbonyl (C=O) groups is 2. The van der Waals surface area contributed by atoms with E-state index in [-0.39, 0.29) is 12.3 Å². The molecule has 0 aromatic carbocycles. The Hall–Kier alpha value is -0.710. The molecule has 0 aliphatic heterocycles. The van der Waals surface area contributed by atoms with Gasteiger partial charge in [-0.05, 0) is 18.6 Å². The zero-order valence-corrected chi connectivity index (χ0v) is 7.60. The molecule has 12 heavy (non-hydrogen) atoms. The Labute approximate surface area is 78.2 Å². The molecular formula is C7H14N2O2S. The highest BCUT2D eigenvalue weighted by molar-refractivity contribution is 7.80. The summed E-state index contributed by atoms with van der Waals surface area (Å²) in [6.45, 7) is 0. The zero-order chi connectivity index (χ0) is 10.3. The SMILES string of the molecule is [3H]SCCC(CCC(N)=O)C(N)=O. The van der Waals surface area contributed by atoms with Crippen molar-refractivity contribution >= 4 is 24.3 Å². The van der Waals surface area contributed by atoms with E-state index >= 15 is 0 Å². The fourth-order valence-electron chi connectivity index (χ4n) is 0.888. The molecule has 1 atom stereocenters. The quantitative estimate of drug-likeness (QED) is 0.482. The van der Waals surface area contributed by atoms with E-state index in [4.69, 9.17) is 12.6 Å². The maximum absolute atomic E-state index is 10.8. The predicted molar refractivity (Wildman–Crippen MR) is 49.6 cm³/mol. The average Bonchev–Trinajstić information content (AvgIpc) is 2.03. The Morgan fingerprint density at radius 1 is 1.42 bits per heavy atom. The number of carbonyl (C=O) groups excluding carboxylic acids is 2. The van der Waals surface area contributed by atoms with Crippen LogP contribution in [0.2, 0.25) is 0 Å². The Balaban J connectivity index is 3.80. The number of amides is 2. The third-order valence-corrected chi connectivity index (χ3v) is 1.84. The standard InChI is InChI=1S/C7H14N2O2S/c8-6(10)2-1-5(3-4-12)7(9)11/h5,12H,1-4H2,(H2,8,10)(H2,9,11)/i/hT. The van der Waals surface area contributed by atoms with Crippen molar-refractivity contribution in [3.8, 4) is 0 Å². The van der Waals surface area contributed by atoms with Crippen LogP contribution in [0.15, 0.2) is 0 Å². The minimum absolute atomic E-state index is 0.177. The molecule has 4 nitrogen and oxygen atoms in total. The Bertz CT molecular complexity index is 189. The number of rotatable bonds is 7. The molecule has 0 aliphatic carbocycles. The molecule has 0 fully saturated rings. The lowest BCUT2D eigenvalue weighted by atomic mass is 10.00. The summed E-state index contributed by atoms with van der Waals surface area (Å²) in [5.41, 5.74) is 10.0. The molecule has 0 saturated carbocycles. The fraction of sp³-hybridized carbons (Fsp3) is 0.714. The van der Waals surface area contributed by atoms with Crippen molar-refractivity contribution in [1.82, 2.24) is 0 Å². The maximum Gasteiger partial charge on any atom is 0.220 e. The Morgan fingerprint density at radius 2 is 2.08 bits per heavy atom. The van der Waals surface area contributed by atoms with Crippen LogP contribution in [0.4, 0.5) is 0 Å². The highest BCUT2D eigenvalue weighted by Gasteiger charge is 2.14. The van der Waals surface area contributed by atoms with Crippen LogP contribution in [0.5, 0.6) is 0 Å². The van der Waals surface area contributed by atoms with Crippen molar-refractivity contribution in [2.75, 3.05) is 5.75 Å². The molecule has 70 valence electrons. The monoisotopic (exact) mass is 192 g/mol. The van der Waals surface area contributed by atoms with Gasteiger partial charge in [-0.2, -0.15) is 12.5 Å². The zero-order valence-electron chi connectivity index (χ0n) is 7.79. The molecule has 0 aliphatic rings. The highest BCUT2D eigenvalue weighted by atomic mass is 32.1. The van der Waals surface area contributed by atoms with Gasteiger partial charge in [-0.25, -0.2) is 0 Å². The van der Waals surface area contributed by atoms with Crippen molar-refractivity contribution in [2.24, 2.45) is 17.4 Å². The van der Waals surface area contributed by atoms with Gasteiger partial charge >= 0.3 is 0 Å². The van der Waals surface area contributed by atoms with Crippen LogP contribution < -0.4 is 11.5 Å². The molecule has 0 bridgehead atoms. The third-order valence-electron chi connectivity index (χ3n) is 1.61. The lowest BCUT2D eigenvalue weighted by Gasteiger charge is -2.09. The van der Waals surface area contributed by atoms with Gasteiger partial charge in [0.05, 0.1) is 0 Å². The van der Waals surface area contributed by atoms with Crippen molar-refractivity contribution in [3.63, 3.8) is 0 Å². The maximum atomic E-state index is 10.8. The largest absolute Gasteiger partial charge is 0.370 e. The second kappa shape index (κ2) is 5.88. The van der Waals surface area contributed by atoms with Gasteiger partial charge in [-0.15, -0.1) is 0 Å². The molecule has 1 unspecified atom stereocenters. The summed E-state index contributed by atoms with van der Waals surface area (Å²) in [5, 5.41) is 0. The molecule has 0 spiro atoms. The van der Waals surface area contributed by atoms with Gasteiger partial charge in [0.1, 0.15) is 1.12 Å². The van der Waals surface area contributed by atoms with Gasteiger partial charge in [0.2, 0.25) is 11.8 Å². The molecule has 0 saturated heterocycles. The Kier molecular flexibility index (Phi) is 4.60. The predicted octanol–water partition coefficient (Wildman–Crippen LogP) is -0.327. The first-order valence-corrected chi connectivity index (χ1v) is 4.31. The highest BCUT2D eigenvalue weighted by Crippen LogP contribution is 2.10. The van der Waals surface area contributed by atoms with Gasteiger partial charge < -0.3 is 11.5 Å². The van der Waals surface area contributed by atoms with Crippen LogP contribution in [0.1, 0.15) is 19.3 Å². The van der Waals surface area contributed by atoms with Crippen molar-refractivity contribution in [1.29, 1.82) is 1.12 Å². The summed E-state index contributed by atoms with van der Waals surface area (Å²) in [6, 6.07) is 0. The molecule has 5 heteroatoms. The van der Waals surface area contributed by atoms with Crippen LogP contribution in [-0.4, -0.2) is 18.7 Å². The molecule has 0 rings (SSSR count). The molecule has 0 aromatic heterocycles. The molecule has 0 radical (unpaired) electrons. The third kappa shape index (κ3) is 5.01. The van der Waals surface area contributed by atoms with Crippen molar-refractivity contribution in [3.05, 3.63) is 0 Å². The van der Waals surface area contributed by atoms with Gasteiger partial charge in [0, 0.05) is 12.3 Å². The number of hydrogen-bond acceptors (Lipinski definition) is 3. The fourth-order valence-corrected chi connectivity index (χ4v) is 1.17. The number of thiol groups is 1. The molecule has 4 N–H and O–H groups in total. The number of nitrogens with two attached hydrogens (primary N) is 2. The van der Waals surface area contributed by atoms with E-state index in [1.165, 1.54) is 0 Å². The summed E-state index contributed by atoms with van der Waals surface area (Å²) in [7, 11) is 0. The minimum Gasteiger partial charge on any atom is -0.370 e. The van der Waals surface area contributed by atoms with Crippen LogP contribution >= 0.6 is 12.5 Å². The lowest BCUT2D eigenvalue weighted by Crippen LogP contribution is -2.25. The van der Waals surface area contributed by atoms with Crippen LogP contribution in [0.3, 0.4) is 0 Å². The van der Waals surface area contributed by atoms with Gasteiger partial charge in [0.15, 0.2) is 0 Å². The minimum atomic E-state index is -0.426. The second-order valence-corrected chi connectivity index (χ2v) is 3.01. The van der Waals surface area contributed by atoms with Crippen molar-refractivity contribution < 1.29 is 9.59 Å². The van der Waals surface area contributed by atoms with Crippen LogP contribution in [0.25, 0.3) is 0 Å². The van der Waals surface area contributed by atoms with E-state index in [1.54, 1.807) is 0 Å². The van der Waals surface area contributed by atoms with E-state index < -0.39 is 11.8 Å². The summed E-state index contributed by atoms with van der Waals surface area (Å²) in [4.78, 5) is 21.2. The summed E-state index contributed by atoms with van der Waals surface area (Å²) >= 11 is 0.908. The average molecular weight is 192 g/mol. The molecule has 0 aromatic rings. The van der Waals surface area contributed by atoms with Crippen LogP contribution in [0, 0.1) is 5.92 Å². The van der Waals surface area contributed by atoms with E-state index in [0.717, 1.165) is 12.5 Å². The van der Waals surface area contributed by atoms with Gasteiger partial charge in [0.25, 0.3) is 0 Å². The lowest BCUT2D eigenvalue weighted by molar-refractivity contribution is -0.122. The summed E-state index contributed by atoms with van der Waals surface area (Å²) < 4.78 is 6.83. The number of hydrogen-bond donors (Lipinski definition) is 3. The normalized spacial score (nSPS) is 13.5. The second-order valence-electron chi connectivity index (χ2n) is 2.60. The molecule has 0 heterocycles. The Morgan fingerprint density at radius 3 is 2.50 bits per heavy atom. The van der Waals surface area contributed by atoms with Gasteiger partial charge in [-0.3, -0.25) is 9.59 Å². The first-order chi connectivity index (χ1) is 6.07. The van der Waals surface area contributed by atoms with E-state index in [0.29, 0.717) is 18.6 Å². The molecule has 2 amide bonds. The summed E-state index contributed by atoms with van der Waals surface area (Å²) in [6.07, 6.45) is 1.11. The topological polar surface area (TPSA) is 86.2 Å². The van der Waals surface area contributed by atoms with Crippen LogP contribution in [-0.2, 0) is 9.59 Å². The summed E-state index contributed by atoms with van der Waals surface area (Å²) in [5.74, 6) is -0.628. The van der Waals surface area contributed by atoms with Gasteiger partial charge in [-0.1, -0.05) is 0 Å².